The Morgan fingerprint density at radius 1 is 0.957 bits per heavy atom. The molecular weight excluding hydrogens is 901 g/mol. The van der Waals surface area contributed by atoms with Crippen molar-refractivity contribution >= 4 is 35.0 Å². The molecule has 1 aliphatic carbocycles. The van der Waals surface area contributed by atoms with Crippen molar-refractivity contribution in [3.8, 4) is 17.5 Å². The topological polar surface area (TPSA) is 272 Å². The smallest absolute Gasteiger partial charge is 0.415 e. The summed E-state index contributed by atoms with van der Waals surface area (Å²) in [5, 5.41) is 48.6. The molecule has 0 saturated carbocycles. The number of carbonyl (C=O) groups excluding carboxylic acids is 5. The van der Waals surface area contributed by atoms with Gasteiger partial charge in [0, 0.05) is 93.5 Å². The van der Waals surface area contributed by atoms with Crippen LogP contribution in [0.3, 0.4) is 0 Å². The van der Waals surface area contributed by atoms with E-state index < -0.39 is 116 Å². The molecule has 1 aromatic heterocycles. The minimum atomic E-state index is -2.13. The van der Waals surface area contributed by atoms with Crippen LogP contribution in [0.15, 0.2) is 53.7 Å². The van der Waals surface area contributed by atoms with Crippen molar-refractivity contribution in [2.75, 3.05) is 39.8 Å². The summed E-state index contributed by atoms with van der Waals surface area (Å²) in [5.41, 5.74) is -2.56. The van der Waals surface area contributed by atoms with Crippen molar-refractivity contribution in [3.05, 3.63) is 86.1 Å². The average Bonchev–Trinajstić information content (AvgIpc) is 3.92. The van der Waals surface area contributed by atoms with Crippen LogP contribution in [0.2, 0.25) is 0 Å². The number of Topliss-reactive ketones (excluding diaryl/α,β-unsaturated/α-hetero) is 3. The number of aliphatic hydroxyl groups is 2. The summed E-state index contributed by atoms with van der Waals surface area (Å²) in [6.45, 7) is 15.8. The number of allylic oxidation sites excluding steroid dienone is 4. The number of rotatable bonds is 6. The maximum Gasteiger partial charge on any atom is 0.415 e. The van der Waals surface area contributed by atoms with Crippen LogP contribution in [0.4, 0.5) is 5.82 Å². The fraction of sp³-hybridized carbons (Fsp3) is 0.542. The molecule has 4 N–H and O–H groups in total. The van der Waals surface area contributed by atoms with Gasteiger partial charge in [-0.3, -0.25) is 33.4 Å². The van der Waals surface area contributed by atoms with Gasteiger partial charge in [-0.05, 0) is 31.8 Å². The number of ketones is 3. The number of fused-ring (bicyclic) bond motifs is 15. The lowest BCUT2D eigenvalue weighted by Gasteiger charge is -2.40. The molecule has 6 heterocycles. The zero-order chi connectivity index (χ0) is 50.6. The fourth-order valence-electron chi connectivity index (χ4n) is 9.94. The second-order valence-corrected chi connectivity index (χ2v) is 19.1. The summed E-state index contributed by atoms with van der Waals surface area (Å²) in [6, 6.07) is 0.125. The van der Waals surface area contributed by atoms with Crippen LogP contribution >= 0.6 is 0 Å². The molecular formula is C48H60N6O15. The van der Waals surface area contributed by atoms with Crippen LogP contribution in [0.25, 0.3) is 0 Å². The van der Waals surface area contributed by atoms with E-state index in [9.17, 15) is 44.6 Å². The van der Waals surface area contributed by atoms with E-state index in [4.69, 9.17) is 23.7 Å². The second kappa shape index (κ2) is 19.2. The van der Waals surface area contributed by atoms with Crippen LogP contribution in [0.5, 0.6) is 17.5 Å². The van der Waals surface area contributed by atoms with Gasteiger partial charge in [0.2, 0.25) is 11.6 Å². The third-order valence-electron chi connectivity index (χ3n) is 13.9. The Morgan fingerprint density at radius 3 is 2.26 bits per heavy atom. The number of methoxy groups -OCH3 is 1. The molecule has 1 fully saturated rings. The Bertz CT molecular complexity index is 2570. The van der Waals surface area contributed by atoms with Gasteiger partial charge in [0.25, 0.3) is 11.7 Å². The Kier molecular flexibility index (Phi) is 14.0. The molecule has 0 spiro atoms. The van der Waals surface area contributed by atoms with E-state index in [2.05, 4.69) is 15.2 Å². The highest BCUT2D eigenvalue weighted by Crippen LogP contribution is 2.49. The summed E-state index contributed by atoms with van der Waals surface area (Å²) < 4.78 is 31.3. The van der Waals surface area contributed by atoms with Gasteiger partial charge in [-0.15, -0.1) is 0 Å². The number of benzene rings is 1. The van der Waals surface area contributed by atoms with Crippen LogP contribution in [0.1, 0.15) is 92.0 Å². The van der Waals surface area contributed by atoms with E-state index >= 15 is 4.79 Å². The molecule has 6 aliphatic rings. The van der Waals surface area contributed by atoms with E-state index in [-0.39, 0.29) is 53.1 Å². The number of nitro groups is 1. The first-order chi connectivity index (χ1) is 32.4. The molecule has 21 nitrogen and oxygen atoms in total. The Balaban J connectivity index is 1.26. The van der Waals surface area contributed by atoms with Crippen molar-refractivity contribution in [1.29, 1.82) is 0 Å². The highest BCUT2D eigenvalue weighted by Gasteiger charge is 2.53. The third-order valence-corrected chi connectivity index (χ3v) is 13.9. The van der Waals surface area contributed by atoms with Crippen LogP contribution in [0, 0.1) is 40.7 Å². The minimum Gasteiger partial charge on any atom is -0.507 e. The number of esters is 1. The van der Waals surface area contributed by atoms with E-state index in [0.717, 1.165) is 6.26 Å². The number of phenols is 1. The molecule has 1 unspecified atom stereocenters. The number of nitrogens with zero attached hydrogens (tertiary/aromatic N) is 5. The fourth-order valence-corrected chi connectivity index (χ4v) is 9.94. The third kappa shape index (κ3) is 9.39. The molecule has 1 saturated heterocycles. The number of aliphatic hydroxyl groups excluding tert-OH is 2. The SMILES string of the molecule is CO[C@H]1C=CO[C@@]2(C)Oc3c(C)c(O)c4c(c3C2=O)C(=O)C(N2CCN(CC3(C)Cn5cc([N+](=O)[O-])nc5O3)CC2)=C(NC(=O)C(C)=CC=C[C@H](C)[C@H](O)[C@@H](C)[C@@H](O)[C@@H](C)[C@H](OC(C)=O)[C@@H]1C)C4=O. The van der Waals surface area contributed by atoms with E-state index in [1.165, 1.54) is 53.2 Å². The number of hydrogen-bond acceptors (Lipinski definition) is 18. The lowest BCUT2D eigenvalue weighted by Crippen LogP contribution is -2.54. The van der Waals surface area contributed by atoms with Gasteiger partial charge in [-0.25, -0.2) is 0 Å². The maximum atomic E-state index is 15.2. The summed E-state index contributed by atoms with van der Waals surface area (Å²) in [5.74, 6) is -9.89. The van der Waals surface area contributed by atoms with E-state index in [0.29, 0.717) is 26.2 Å². The second-order valence-electron chi connectivity index (χ2n) is 19.1. The molecule has 5 bridgehead atoms. The van der Waals surface area contributed by atoms with Gasteiger partial charge in [0.05, 0.1) is 47.8 Å². The first-order valence-electron chi connectivity index (χ1n) is 22.8. The van der Waals surface area contributed by atoms with Crippen molar-refractivity contribution in [3.63, 3.8) is 0 Å². The highest BCUT2D eigenvalue weighted by atomic mass is 16.7. The highest BCUT2D eigenvalue weighted by molar-refractivity contribution is 6.32. The van der Waals surface area contributed by atoms with Gasteiger partial charge >= 0.3 is 23.6 Å². The number of amides is 1. The molecule has 0 radical (unpaired) electrons. The minimum absolute atomic E-state index is 0.0334. The number of imidazole rings is 1. The van der Waals surface area contributed by atoms with E-state index in [1.54, 1.807) is 49.3 Å². The molecule has 372 valence electrons. The Hall–Kier alpha value is -6.42. The lowest BCUT2D eigenvalue weighted by molar-refractivity contribution is -0.389. The standard InChI is InChI=1S/C48H60N6O15/c1-23-12-11-13-24(2)45(62)50-35-36(52-17-15-51(16-18-52)21-47(8)22-53-20-31(54(63)64)49-46(53)69-47)41(60)32-33(40(35)59)39(58)28(6)43-34(32)44(61)48(9,68-43)66-19-14-30(65-10)25(3)42(67-29(7)55)27(5)38(57)26(4)37(23)56/h11-14,19-20,23,25-27,30,37-38,42,56-58H,15-18,21-22H2,1-10H3,(H,50,62)/t23-,25+,26+,27+,30-,37-,38+,42+,47?,48-/m0/s1. The first kappa shape index (κ1) is 50.5. The number of aromatic nitrogens is 2. The summed E-state index contributed by atoms with van der Waals surface area (Å²) in [4.78, 5) is 89.4. The molecule has 10 atom stereocenters. The van der Waals surface area contributed by atoms with Crippen LogP contribution in [-0.4, -0.2) is 144 Å². The number of nitrogens with one attached hydrogen (secondary N) is 1. The Labute approximate surface area is 398 Å². The van der Waals surface area contributed by atoms with Crippen molar-refractivity contribution in [2.45, 2.75) is 105 Å². The molecule has 2 aromatic rings. The number of piperazine rings is 1. The predicted octanol–water partition coefficient (Wildman–Crippen LogP) is 3.53. The number of phenolic OH excluding ortho intramolecular Hbond substituents is 1. The molecule has 69 heavy (non-hydrogen) atoms. The quantitative estimate of drug-likeness (QED) is 0.183. The first-order valence-corrected chi connectivity index (χ1v) is 22.8. The lowest BCUT2D eigenvalue weighted by atomic mass is 9.78. The number of ether oxygens (including phenoxy) is 5. The zero-order valence-electron chi connectivity index (χ0n) is 40.3. The van der Waals surface area contributed by atoms with Gasteiger partial charge in [0.1, 0.15) is 40.8 Å². The molecule has 8 rings (SSSR count). The normalized spacial score (nSPS) is 31.2. The molecule has 21 heteroatoms. The molecule has 5 aliphatic heterocycles. The molecule has 1 amide bonds. The van der Waals surface area contributed by atoms with Crippen molar-refractivity contribution in [1.82, 2.24) is 24.7 Å². The van der Waals surface area contributed by atoms with Crippen molar-refractivity contribution in [2.24, 2.45) is 23.7 Å². The largest absolute Gasteiger partial charge is 0.507 e. The maximum absolute atomic E-state index is 15.2. The Morgan fingerprint density at radius 2 is 1.64 bits per heavy atom. The van der Waals surface area contributed by atoms with Gasteiger partial charge in [-0.1, -0.05) is 45.9 Å². The van der Waals surface area contributed by atoms with Crippen molar-refractivity contribution < 1.29 is 67.9 Å². The predicted molar refractivity (Wildman–Crippen MR) is 244 cm³/mol. The summed E-state index contributed by atoms with van der Waals surface area (Å²) >= 11 is 0. The average molecular weight is 961 g/mol. The summed E-state index contributed by atoms with van der Waals surface area (Å²) in [6.07, 6.45) is 4.55. The van der Waals surface area contributed by atoms with E-state index in [1.807, 2.05) is 6.92 Å². The zero-order valence-corrected chi connectivity index (χ0v) is 40.3. The summed E-state index contributed by atoms with van der Waals surface area (Å²) in [7, 11) is 1.41. The number of hydrogen-bond donors (Lipinski definition) is 4. The number of aromatic hydroxyl groups is 1. The van der Waals surface area contributed by atoms with Gasteiger partial charge in [-0.2, -0.15) is 0 Å². The monoisotopic (exact) mass is 960 g/mol. The van der Waals surface area contributed by atoms with Gasteiger partial charge < -0.3 is 59.3 Å². The molecule has 1 aromatic carbocycles. The van der Waals surface area contributed by atoms with Crippen LogP contribution in [-0.2, 0) is 30.3 Å². The number of carbonyl (C=O) groups is 5. The van der Waals surface area contributed by atoms with Gasteiger partial charge in [0.15, 0.2) is 0 Å². The van der Waals surface area contributed by atoms with Crippen LogP contribution < -0.4 is 14.8 Å².